The molecule has 2 amide bonds. The number of amides is 2. The Morgan fingerprint density at radius 3 is 2.72 bits per heavy atom. The molecule has 0 radical (unpaired) electrons. The number of piperidine rings is 1. The molecule has 1 saturated heterocycles. The standard InChI is InChI=1S/C17H20Cl2N4O2/c1-10-4-6-23(7-5-10)17-21-14(16(25)22-17)9-15(24)20-11-2-3-12(18)13(19)8-11/h2-3,8,10,14H,4-7,9H2,1H3,(H,20,24)(H,21,22,25)/t14-/m0/s1. The zero-order valence-corrected chi connectivity index (χ0v) is 15.4. The van der Waals surface area contributed by atoms with Crippen molar-refractivity contribution < 1.29 is 9.59 Å². The van der Waals surface area contributed by atoms with Crippen LogP contribution in [0.2, 0.25) is 10.0 Å². The van der Waals surface area contributed by atoms with Crippen molar-refractivity contribution in [3.05, 3.63) is 28.2 Å². The van der Waals surface area contributed by atoms with Crippen LogP contribution in [0.25, 0.3) is 0 Å². The number of benzene rings is 1. The molecule has 0 bridgehead atoms. The quantitative estimate of drug-likeness (QED) is 0.843. The lowest BCUT2D eigenvalue weighted by molar-refractivity contribution is -0.124. The van der Waals surface area contributed by atoms with E-state index in [1.54, 1.807) is 18.2 Å². The second-order valence-electron chi connectivity index (χ2n) is 6.51. The van der Waals surface area contributed by atoms with Crippen molar-refractivity contribution in [1.82, 2.24) is 10.2 Å². The molecule has 0 unspecified atom stereocenters. The van der Waals surface area contributed by atoms with Crippen LogP contribution in [0.4, 0.5) is 5.69 Å². The molecule has 1 atom stereocenters. The van der Waals surface area contributed by atoms with Gasteiger partial charge in [-0.05, 0) is 37.0 Å². The number of halogens is 2. The summed E-state index contributed by atoms with van der Waals surface area (Å²) in [5.41, 5.74) is 0.534. The number of likely N-dealkylation sites (tertiary alicyclic amines) is 1. The summed E-state index contributed by atoms with van der Waals surface area (Å²) in [6, 6.07) is 4.14. The van der Waals surface area contributed by atoms with Crippen molar-refractivity contribution >= 4 is 46.7 Å². The third-order valence-corrected chi connectivity index (χ3v) is 5.22. The molecule has 0 spiro atoms. The summed E-state index contributed by atoms with van der Waals surface area (Å²) in [5, 5.41) is 6.28. The fourth-order valence-electron chi connectivity index (χ4n) is 2.91. The predicted molar refractivity (Wildman–Crippen MR) is 99.0 cm³/mol. The highest BCUT2D eigenvalue weighted by Gasteiger charge is 2.32. The topological polar surface area (TPSA) is 73.8 Å². The number of anilines is 1. The van der Waals surface area contributed by atoms with E-state index in [2.05, 4.69) is 27.4 Å². The van der Waals surface area contributed by atoms with Crippen LogP contribution in [0.15, 0.2) is 23.2 Å². The van der Waals surface area contributed by atoms with Crippen LogP contribution in [0, 0.1) is 5.92 Å². The molecule has 3 rings (SSSR count). The van der Waals surface area contributed by atoms with Crippen LogP contribution in [0.5, 0.6) is 0 Å². The molecule has 2 heterocycles. The normalized spacial score (nSPS) is 21.1. The lowest BCUT2D eigenvalue weighted by Gasteiger charge is -2.31. The van der Waals surface area contributed by atoms with Gasteiger partial charge in [0.15, 0.2) is 0 Å². The van der Waals surface area contributed by atoms with Crippen LogP contribution in [0.1, 0.15) is 26.2 Å². The van der Waals surface area contributed by atoms with Gasteiger partial charge in [-0.25, -0.2) is 4.99 Å². The average Bonchev–Trinajstić information content (AvgIpc) is 2.92. The summed E-state index contributed by atoms with van der Waals surface area (Å²) in [4.78, 5) is 30.8. The fraction of sp³-hybridized carbons (Fsp3) is 0.471. The number of carbonyl (C=O) groups excluding carboxylic acids is 2. The lowest BCUT2D eigenvalue weighted by atomic mass is 10.00. The maximum atomic E-state index is 12.2. The first-order chi connectivity index (χ1) is 11.9. The van der Waals surface area contributed by atoms with Crippen LogP contribution in [0.3, 0.4) is 0 Å². The van der Waals surface area contributed by atoms with E-state index >= 15 is 0 Å². The third kappa shape index (κ3) is 4.44. The van der Waals surface area contributed by atoms with Crippen LogP contribution < -0.4 is 10.6 Å². The van der Waals surface area contributed by atoms with Crippen LogP contribution in [-0.4, -0.2) is 41.8 Å². The Morgan fingerprint density at radius 1 is 1.32 bits per heavy atom. The van der Waals surface area contributed by atoms with Gasteiger partial charge in [-0.15, -0.1) is 0 Å². The molecule has 134 valence electrons. The molecular weight excluding hydrogens is 363 g/mol. The molecule has 0 aromatic heterocycles. The summed E-state index contributed by atoms with van der Waals surface area (Å²) < 4.78 is 0. The van der Waals surface area contributed by atoms with Crippen molar-refractivity contribution in [2.75, 3.05) is 18.4 Å². The summed E-state index contributed by atoms with van der Waals surface area (Å²) >= 11 is 11.8. The van der Waals surface area contributed by atoms with E-state index in [0.29, 0.717) is 27.6 Å². The van der Waals surface area contributed by atoms with Gasteiger partial charge in [-0.3, -0.25) is 14.9 Å². The minimum absolute atomic E-state index is 0.0141. The largest absolute Gasteiger partial charge is 0.343 e. The predicted octanol–water partition coefficient (Wildman–Crippen LogP) is 2.91. The minimum atomic E-state index is -0.697. The number of carbonyl (C=O) groups is 2. The number of hydrogen-bond donors (Lipinski definition) is 2. The number of nitrogens with one attached hydrogen (secondary N) is 2. The first-order valence-electron chi connectivity index (χ1n) is 8.31. The number of guanidine groups is 1. The van der Waals surface area contributed by atoms with E-state index in [0.717, 1.165) is 25.9 Å². The molecule has 8 heteroatoms. The Bertz CT molecular complexity index is 715. The molecule has 6 nitrogen and oxygen atoms in total. The van der Waals surface area contributed by atoms with E-state index in [-0.39, 0.29) is 18.2 Å². The van der Waals surface area contributed by atoms with Crippen molar-refractivity contribution in [3.8, 4) is 0 Å². The number of hydrogen-bond acceptors (Lipinski definition) is 4. The van der Waals surface area contributed by atoms with E-state index in [1.807, 2.05) is 0 Å². The van der Waals surface area contributed by atoms with Crippen molar-refractivity contribution in [2.45, 2.75) is 32.2 Å². The third-order valence-electron chi connectivity index (χ3n) is 4.48. The van der Waals surface area contributed by atoms with Gasteiger partial charge in [0.25, 0.3) is 5.91 Å². The lowest BCUT2D eigenvalue weighted by Crippen LogP contribution is -2.44. The molecule has 2 aliphatic heterocycles. The number of rotatable bonds is 3. The van der Waals surface area contributed by atoms with Gasteiger partial charge in [-0.2, -0.15) is 0 Å². The highest BCUT2D eigenvalue weighted by atomic mass is 35.5. The summed E-state index contributed by atoms with van der Waals surface area (Å²) in [6.07, 6.45) is 2.15. The summed E-state index contributed by atoms with van der Waals surface area (Å²) in [5.74, 6) is 0.750. The Morgan fingerprint density at radius 2 is 2.04 bits per heavy atom. The minimum Gasteiger partial charge on any atom is -0.343 e. The molecule has 1 aromatic rings. The van der Waals surface area contributed by atoms with E-state index in [1.165, 1.54) is 0 Å². The van der Waals surface area contributed by atoms with Gasteiger partial charge < -0.3 is 10.2 Å². The summed E-state index contributed by atoms with van der Waals surface area (Å²) in [6.45, 7) is 3.98. The fourth-order valence-corrected chi connectivity index (χ4v) is 3.21. The highest BCUT2D eigenvalue weighted by molar-refractivity contribution is 6.42. The zero-order chi connectivity index (χ0) is 18.0. The molecule has 1 aromatic carbocycles. The Kier molecular flexibility index (Phi) is 5.49. The van der Waals surface area contributed by atoms with Crippen molar-refractivity contribution in [2.24, 2.45) is 10.9 Å². The van der Waals surface area contributed by atoms with Crippen molar-refractivity contribution in [3.63, 3.8) is 0 Å². The van der Waals surface area contributed by atoms with Gasteiger partial charge >= 0.3 is 0 Å². The smallest absolute Gasteiger partial charge is 0.252 e. The second-order valence-corrected chi connectivity index (χ2v) is 7.32. The van der Waals surface area contributed by atoms with Gasteiger partial charge in [0.1, 0.15) is 6.04 Å². The van der Waals surface area contributed by atoms with Gasteiger partial charge in [0.05, 0.1) is 16.5 Å². The molecule has 0 saturated carbocycles. The second kappa shape index (κ2) is 7.62. The molecule has 2 N–H and O–H groups in total. The van der Waals surface area contributed by atoms with E-state index in [4.69, 9.17) is 23.2 Å². The first kappa shape index (κ1) is 18.0. The van der Waals surface area contributed by atoms with Gasteiger partial charge in [0, 0.05) is 18.8 Å². The molecule has 2 aliphatic rings. The first-order valence-corrected chi connectivity index (χ1v) is 9.06. The van der Waals surface area contributed by atoms with E-state index in [9.17, 15) is 9.59 Å². The maximum Gasteiger partial charge on any atom is 0.252 e. The summed E-state index contributed by atoms with van der Waals surface area (Å²) in [7, 11) is 0. The zero-order valence-electron chi connectivity index (χ0n) is 13.9. The molecule has 0 aliphatic carbocycles. The van der Waals surface area contributed by atoms with Crippen LogP contribution in [-0.2, 0) is 9.59 Å². The van der Waals surface area contributed by atoms with Gasteiger partial charge in [-0.1, -0.05) is 30.1 Å². The van der Waals surface area contributed by atoms with Gasteiger partial charge in [0.2, 0.25) is 11.9 Å². The monoisotopic (exact) mass is 382 g/mol. The Hall–Kier alpha value is -1.79. The Balaban J connectivity index is 1.58. The van der Waals surface area contributed by atoms with Crippen molar-refractivity contribution in [1.29, 1.82) is 0 Å². The molecule has 25 heavy (non-hydrogen) atoms. The van der Waals surface area contributed by atoms with E-state index < -0.39 is 6.04 Å². The SMILES string of the molecule is CC1CCN(C2=N[C@@H](CC(=O)Nc3ccc(Cl)c(Cl)c3)C(=O)N2)CC1. The maximum absolute atomic E-state index is 12.2. The average molecular weight is 383 g/mol. The molecule has 1 fully saturated rings. The number of nitrogens with zero attached hydrogens (tertiary/aromatic N) is 2. The Labute approximate surface area is 156 Å². The molecular formula is C17H20Cl2N4O2. The highest BCUT2D eigenvalue weighted by Crippen LogP contribution is 2.25. The van der Waals surface area contributed by atoms with Crippen LogP contribution >= 0.6 is 23.2 Å². The number of aliphatic imine (C=N–C) groups is 1.